The predicted molar refractivity (Wildman–Crippen MR) is 135 cm³/mol. The molecular formula is C24H28ClN5OS. The molecule has 0 radical (unpaired) electrons. The van der Waals surface area contributed by atoms with Crippen LogP contribution in [0.15, 0.2) is 53.5 Å². The van der Waals surface area contributed by atoms with Crippen LogP contribution in [0.2, 0.25) is 5.02 Å². The van der Waals surface area contributed by atoms with Crippen molar-refractivity contribution in [2.24, 2.45) is 4.99 Å². The fourth-order valence-electron chi connectivity index (χ4n) is 4.12. The lowest BCUT2D eigenvalue weighted by Gasteiger charge is -2.38. The second-order valence-corrected chi connectivity index (χ2v) is 9.19. The van der Waals surface area contributed by atoms with E-state index < -0.39 is 6.17 Å². The van der Waals surface area contributed by atoms with E-state index in [9.17, 15) is 4.79 Å². The van der Waals surface area contributed by atoms with E-state index in [1.165, 1.54) is 0 Å². The van der Waals surface area contributed by atoms with Crippen LogP contribution in [0, 0.1) is 0 Å². The van der Waals surface area contributed by atoms with Crippen molar-refractivity contribution in [1.29, 1.82) is 0 Å². The molecule has 4 rings (SSSR count). The monoisotopic (exact) mass is 469 g/mol. The molecule has 8 heteroatoms. The van der Waals surface area contributed by atoms with Gasteiger partial charge in [0.25, 0.3) is 5.91 Å². The van der Waals surface area contributed by atoms with Gasteiger partial charge in [-0.05, 0) is 44.3 Å². The zero-order valence-electron chi connectivity index (χ0n) is 18.6. The summed E-state index contributed by atoms with van der Waals surface area (Å²) in [5.41, 5.74) is 3.22. The number of piperazine rings is 1. The normalized spacial score (nSPS) is 19.5. The molecule has 32 heavy (non-hydrogen) atoms. The van der Waals surface area contributed by atoms with E-state index in [1.807, 2.05) is 42.5 Å². The summed E-state index contributed by atoms with van der Waals surface area (Å²) >= 11 is 12.0. The third-order valence-electron chi connectivity index (χ3n) is 6.04. The number of carbonyl (C=O) groups is 1. The van der Waals surface area contributed by atoms with Gasteiger partial charge in [0, 0.05) is 55.4 Å². The summed E-state index contributed by atoms with van der Waals surface area (Å²) in [4.78, 5) is 24.4. The van der Waals surface area contributed by atoms with Crippen LogP contribution in [0.5, 0.6) is 0 Å². The number of likely N-dealkylation sites (N-methyl/N-ethyl adjacent to an activating group) is 1. The Balaban J connectivity index is 1.64. The fraction of sp³-hybridized carbons (Fsp3) is 0.375. The van der Waals surface area contributed by atoms with Crippen molar-refractivity contribution in [3.05, 3.63) is 64.7 Å². The molecule has 0 aromatic heterocycles. The molecule has 0 spiro atoms. The molecule has 2 aromatic carbocycles. The fourth-order valence-corrected chi connectivity index (χ4v) is 4.58. The first-order valence-corrected chi connectivity index (χ1v) is 11.6. The molecule has 1 unspecified atom stereocenters. The SMILES string of the molecule is CC(C)N1CCN(C(=S)NC2N=C(c3ccccc3)c3cc(Cl)ccc3N(C)C2=O)CC1. The van der Waals surface area contributed by atoms with Crippen molar-refractivity contribution in [1.82, 2.24) is 15.1 Å². The summed E-state index contributed by atoms with van der Waals surface area (Å²) in [6.07, 6.45) is -0.822. The lowest BCUT2D eigenvalue weighted by molar-refractivity contribution is -0.119. The number of rotatable bonds is 3. The number of aliphatic imine (C=N–C) groups is 1. The van der Waals surface area contributed by atoms with Crippen molar-refractivity contribution in [2.45, 2.75) is 26.1 Å². The number of nitrogens with one attached hydrogen (secondary N) is 1. The number of benzene rings is 2. The molecule has 1 fully saturated rings. The number of thiocarbonyl (C=S) groups is 1. The minimum atomic E-state index is -0.822. The second kappa shape index (κ2) is 9.57. The lowest BCUT2D eigenvalue weighted by Crippen LogP contribution is -2.56. The van der Waals surface area contributed by atoms with Crippen molar-refractivity contribution in [3.63, 3.8) is 0 Å². The molecule has 168 valence electrons. The second-order valence-electron chi connectivity index (χ2n) is 8.37. The third kappa shape index (κ3) is 4.65. The van der Waals surface area contributed by atoms with Gasteiger partial charge in [-0.15, -0.1) is 0 Å². The van der Waals surface area contributed by atoms with Gasteiger partial charge in [-0.1, -0.05) is 41.9 Å². The van der Waals surface area contributed by atoms with Crippen LogP contribution >= 0.6 is 23.8 Å². The van der Waals surface area contributed by atoms with Crippen LogP contribution in [0.1, 0.15) is 25.0 Å². The van der Waals surface area contributed by atoms with Gasteiger partial charge < -0.3 is 15.1 Å². The molecule has 0 aliphatic carbocycles. The van der Waals surface area contributed by atoms with Gasteiger partial charge in [-0.3, -0.25) is 9.69 Å². The standard InChI is InChI=1S/C24H28ClN5OS/c1-16(2)29-11-13-30(14-12-29)24(32)27-22-23(31)28(3)20-10-9-18(25)15-19(20)21(26-22)17-7-5-4-6-8-17/h4-10,15-16,22H,11-14H2,1-3H3,(H,27,32). The van der Waals surface area contributed by atoms with E-state index in [4.69, 9.17) is 28.8 Å². The summed E-state index contributed by atoms with van der Waals surface area (Å²) in [7, 11) is 1.76. The van der Waals surface area contributed by atoms with Gasteiger partial charge in [0.1, 0.15) is 0 Å². The number of halogens is 1. The molecule has 1 amide bonds. The molecule has 6 nitrogen and oxygen atoms in total. The number of benzodiazepines with no additional fused rings is 1. The Morgan fingerprint density at radius 3 is 2.47 bits per heavy atom. The molecule has 1 saturated heterocycles. The number of hydrogen-bond acceptors (Lipinski definition) is 4. The minimum Gasteiger partial charge on any atom is -0.347 e. The average Bonchev–Trinajstić information content (AvgIpc) is 2.90. The van der Waals surface area contributed by atoms with Crippen LogP contribution in [-0.2, 0) is 4.79 Å². The number of amides is 1. The zero-order chi connectivity index (χ0) is 22.8. The van der Waals surface area contributed by atoms with E-state index in [2.05, 4.69) is 29.0 Å². The highest BCUT2D eigenvalue weighted by atomic mass is 35.5. The first-order valence-electron chi connectivity index (χ1n) is 10.9. The van der Waals surface area contributed by atoms with Crippen LogP contribution in [0.4, 0.5) is 5.69 Å². The first kappa shape index (κ1) is 22.7. The molecule has 0 bridgehead atoms. The summed E-state index contributed by atoms with van der Waals surface area (Å²) in [6.45, 7) is 7.95. The number of nitrogens with zero attached hydrogens (tertiary/aromatic N) is 4. The zero-order valence-corrected chi connectivity index (χ0v) is 20.2. The van der Waals surface area contributed by atoms with Crippen LogP contribution < -0.4 is 10.2 Å². The molecular weight excluding hydrogens is 442 g/mol. The smallest absolute Gasteiger partial charge is 0.272 e. The van der Waals surface area contributed by atoms with Crippen LogP contribution in [-0.4, -0.2) is 72.0 Å². The van der Waals surface area contributed by atoms with Gasteiger partial charge in [0.05, 0.1) is 11.4 Å². The summed E-state index contributed by atoms with van der Waals surface area (Å²) in [5.74, 6) is -0.164. The molecule has 2 aromatic rings. The van der Waals surface area contributed by atoms with Gasteiger partial charge >= 0.3 is 0 Å². The molecule has 2 aliphatic rings. The number of anilines is 1. The molecule has 0 saturated carbocycles. The topological polar surface area (TPSA) is 51.2 Å². The average molecular weight is 470 g/mol. The van der Waals surface area contributed by atoms with Crippen LogP contribution in [0.25, 0.3) is 0 Å². The molecule has 1 atom stereocenters. The van der Waals surface area contributed by atoms with Crippen molar-refractivity contribution in [2.75, 3.05) is 38.1 Å². The van der Waals surface area contributed by atoms with Crippen LogP contribution in [0.3, 0.4) is 0 Å². The molecule has 2 heterocycles. The maximum Gasteiger partial charge on any atom is 0.272 e. The first-order chi connectivity index (χ1) is 15.3. The van der Waals surface area contributed by atoms with E-state index >= 15 is 0 Å². The van der Waals surface area contributed by atoms with Crippen molar-refractivity contribution in [3.8, 4) is 0 Å². The summed E-state index contributed by atoms with van der Waals surface area (Å²) < 4.78 is 0. The van der Waals surface area contributed by atoms with Gasteiger partial charge in [-0.2, -0.15) is 0 Å². The van der Waals surface area contributed by atoms with E-state index in [-0.39, 0.29) is 5.91 Å². The highest BCUT2D eigenvalue weighted by Crippen LogP contribution is 2.30. The minimum absolute atomic E-state index is 0.164. The Kier molecular flexibility index (Phi) is 6.79. The van der Waals surface area contributed by atoms with Crippen molar-refractivity contribution >= 4 is 46.2 Å². The Hall–Kier alpha value is -2.48. The Labute approximate surface area is 199 Å². The van der Waals surface area contributed by atoms with Gasteiger partial charge in [-0.25, -0.2) is 4.99 Å². The van der Waals surface area contributed by atoms with E-state index in [1.54, 1.807) is 18.0 Å². The Bertz CT molecular complexity index is 1030. The highest BCUT2D eigenvalue weighted by molar-refractivity contribution is 7.80. The summed E-state index contributed by atoms with van der Waals surface area (Å²) in [5, 5.41) is 4.38. The Morgan fingerprint density at radius 1 is 1.12 bits per heavy atom. The quantitative estimate of drug-likeness (QED) is 0.698. The Morgan fingerprint density at radius 2 is 1.81 bits per heavy atom. The largest absolute Gasteiger partial charge is 0.347 e. The maximum atomic E-state index is 13.4. The van der Waals surface area contributed by atoms with Gasteiger partial charge in [0.2, 0.25) is 6.17 Å². The lowest BCUT2D eigenvalue weighted by atomic mass is 10.0. The molecule has 2 aliphatic heterocycles. The number of carbonyl (C=O) groups excluding carboxylic acids is 1. The third-order valence-corrected chi connectivity index (χ3v) is 6.65. The van der Waals surface area contributed by atoms with E-state index in [0.29, 0.717) is 21.9 Å². The van der Waals surface area contributed by atoms with Crippen molar-refractivity contribution < 1.29 is 4.79 Å². The summed E-state index contributed by atoms with van der Waals surface area (Å²) in [6, 6.07) is 15.9. The molecule has 1 N–H and O–H groups in total. The van der Waals surface area contributed by atoms with Gasteiger partial charge in [0.15, 0.2) is 5.11 Å². The number of fused-ring (bicyclic) bond motifs is 1. The number of hydrogen-bond donors (Lipinski definition) is 1. The maximum absolute atomic E-state index is 13.4. The predicted octanol–water partition coefficient (Wildman–Crippen LogP) is 3.38. The van der Waals surface area contributed by atoms with E-state index in [0.717, 1.165) is 43.0 Å². The highest BCUT2D eigenvalue weighted by Gasteiger charge is 2.32.